The van der Waals surface area contributed by atoms with Crippen molar-refractivity contribution in [3.63, 3.8) is 0 Å². The van der Waals surface area contributed by atoms with E-state index in [9.17, 15) is 4.39 Å². The molecule has 2 rings (SSSR count). The molecule has 0 saturated carbocycles. The van der Waals surface area contributed by atoms with E-state index in [0.717, 1.165) is 11.3 Å². The third-order valence-corrected chi connectivity index (χ3v) is 2.31. The van der Waals surface area contributed by atoms with Gasteiger partial charge in [0.05, 0.1) is 5.69 Å². The fourth-order valence-corrected chi connectivity index (χ4v) is 1.45. The van der Waals surface area contributed by atoms with Gasteiger partial charge >= 0.3 is 0 Å². The second-order valence-electron chi connectivity index (χ2n) is 3.71. The minimum absolute atomic E-state index is 0. The van der Waals surface area contributed by atoms with E-state index in [1.165, 1.54) is 12.1 Å². The van der Waals surface area contributed by atoms with Crippen LogP contribution in [0.2, 0.25) is 0 Å². The molecule has 4 N–H and O–H groups in total. The predicted octanol–water partition coefficient (Wildman–Crippen LogP) is 1.91. The number of halogens is 2. The lowest BCUT2D eigenvalue weighted by atomic mass is 10.2. The minimum Gasteiger partial charge on any atom is -0.444 e. The van der Waals surface area contributed by atoms with E-state index >= 15 is 0 Å². The topological polar surface area (TPSA) is 90.4 Å². The van der Waals surface area contributed by atoms with Crippen LogP contribution < -0.4 is 11.5 Å². The summed E-state index contributed by atoms with van der Waals surface area (Å²) in [5, 5.41) is 0. The predicted molar refractivity (Wildman–Crippen MR) is 81.7 cm³/mol. The first-order chi connectivity index (χ1) is 8.65. The van der Waals surface area contributed by atoms with Gasteiger partial charge in [0.1, 0.15) is 12.1 Å². The molecule has 0 aliphatic heterocycles. The average molecular weight is 376 g/mol. The smallest absolute Gasteiger partial charge is 0.226 e. The molecule has 0 fully saturated rings. The van der Waals surface area contributed by atoms with E-state index in [1.54, 1.807) is 18.4 Å². The van der Waals surface area contributed by atoms with Crippen molar-refractivity contribution in [1.82, 2.24) is 4.98 Å². The van der Waals surface area contributed by atoms with Gasteiger partial charge in [0.2, 0.25) is 5.89 Å². The molecule has 0 radical (unpaired) electrons. The van der Waals surface area contributed by atoms with E-state index < -0.39 is 0 Å². The molecule has 1 heterocycles. The van der Waals surface area contributed by atoms with Crippen LogP contribution in [-0.2, 0) is 6.42 Å². The maximum Gasteiger partial charge on any atom is 0.226 e. The maximum absolute atomic E-state index is 12.8. The Morgan fingerprint density at radius 3 is 2.58 bits per heavy atom. The van der Waals surface area contributed by atoms with Crippen molar-refractivity contribution in [1.29, 1.82) is 0 Å². The lowest BCUT2D eigenvalue weighted by molar-refractivity contribution is 0.572. The lowest BCUT2D eigenvalue weighted by Gasteiger charge is -1.94. The van der Waals surface area contributed by atoms with Gasteiger partial charge in [0.25, 0.3) is 0 Å². The number of rotatable bonds is 4. The third kappa shape index (κ3) is 4.51. The Balaban J connectivity index is 0.00000180. The number of aliphatic imine (C=N–C) groups is 1. The van der Waals surface area contributed by atoms with Crippen molar-refractivity contribution in [2.45, 2.75) is 6.42 Å². The van der Waals surface area contributed by atoms with E-state index in [0.29, 0.717) is 18.9 Å². The van der Waals surface area contributed by atoms with Crippen molar-refractivity contribution in [2.24, 2.45) is 16.5 Å². The fourth-order valence-electron chi connectivity index (χ4n) is 1.45. The van der Waals surface area contributed by atoms with Crippen molar-refractivity contribution in [3.8, 4) is 11.5 Å². The van der Waals surface area contributed by atoms with Gasteiger partial charge in [0.15, 0.2) is 5.96 Å². The number of guanidine groups is 1. The Morgan fingerprint density at radius 1 is 1.26 bits per heavy atom. The van der Waals surface area contributed by atoms with Gasteiger partial charge < -0.3 is 15.9 Å². The minimum atomic E-state index is -0.293. The van der Waals surface area contributed by atoms with Gasteiger partial charge in [-0.05, 0) is 24.3 Å². The third-order valence-electron chi connectivity index (χ3n) is 2.31. The Bertz CT molecular complexity index is 549. The van der Waals surface area contributed by atoms with Gasteiger partial charge in [-0.2, -0.15) is 0 Å². The summed E-state index contributed by atoms with van der Waals surface area (Å²) in [6.07, 6.45) is 2.13. The van der Waals surface area contributed by atoms with E-state index in [1.807, 2.05) is 0 Å². The number of oxazole rings is 1. The normalized spacial score (nSPS) is 9.74. The van der Waals surface area contributed by atoms with Crippen molar-refractivity contribution < 1.29 is 8.81 Å². The van der Waals surface area contributed by atoms with Crippen LogP contribution in [0.25, 0.3) is 11.5 Å². The fraction of sp³-hybridized carbons (Fsp3) is 0.167. The standard InChI is InChI=1S/C12H13FN4O.HI/c13-9-3-1-8(2-4-9)11-17-10(7-18-11)5-6-16-12(14)15;/h1-4,7H,5-6H2,(H4,14,15,16);1H. The number of benzene rings is 1. The summed E-state index contributed by atoms with van der Waals surface area (Å²) >= 11 is 0. The SMILES string of the molecule is I.NC(N)=NCCc1coc(-c2ccc(F)cc2)n1. The highest BCUT2D eigenvalue weighted by atomic mass is 127. The molecule has 0 aliphatic carbocycles. The van der Waals surface area contributed by atoms with Crippen LogP contribution in [0.5, 0.6) is 0 Å². The van der Waals surface area contributed by atoms with Gasteiger partial charge in [-0.3, -0.25) is 4.99 Å². The summed E-state index contributed by atoms with van der Waals surface area (Å²) in [5.74, 6) is 0.213. The number of aromatic nitrogens is 1. The molecule has 0 amide bonds. The number of nitrogens with zero attached hydrogens (tertiary/aromatic N) is 2. The zero-order valence-corrected chi connectivity index (χ0v) is 12.4. The molecular formula is C12H14FIN4O. The number of nitrogens with two attached hydrogens (primary N) is 2. The van der Waals surface area contributed by atoms with Crippen molar-refractivity contribution in [3.05, 3.63) is 42.0 Å². The first kappa shape index (κ1) is 15.4. The van der Waals surface area contributed by atoms with Crippen molar-refractivity contribution in [2.75, 3.05) is 6.54 Å². The quantitative estimate of drug-likeness (QED) is 0.485. The molecule has 0 bridgehead atoms. The van der Waals surface area contributed by atoms with Gasteiger partial charge in [-0.15, -0.1) is 24.0 Å². The van der Waals surface area contributed by atoms with Crippen molar-refractivity contribution >= 4 is 29.9 Å². The van der Waals surface area contributed by atoms with Crippen LogP contribution >= 0.6 is 24.0 Å². The molecule has 102 valence electrons. The van der Waals surface area contributed by atoms with E-state index in [-0.39, 0.29) is 35.8 Å². The summed E-state index contributed by atoms with van der Waals surface area (Å²) in [7, 11) is 0. The van der Waals surface area contributed by atoms with E-state index in [4.69, 9.17) is 15.9 Å². The maximum atomic E-state index is 12.8. The largest absolute Gasteiger partial charge is 0.444 e. The second-order valence-corrected chi connectivity index (χ2v) is 3.71. The Hall–Kier alpha value is -1.64. The highest BCUT2D eigenvalue weighted by Gasteiger charge is 2.06. The Labute approximate surface area is 126 Å². The van der Waals surface area contributed by atoms with Crippen LogP contribution in [0.3, 0.4) is 0 Å². The van der Waals surface area contributed by atoms with E-state index in [2.05, 4.69) is 9.98 Å². The Morgan fingerprint density at radius 2 is 1.95 bits per heavy atom. The first-order valence-corrected chi connectivity index (χ1v) is 5.41. The zero-order valence-electron chi connectivity index (χ0n) is 10.0. The molecule has 0 atom stereocenters. The van der Waals surface area contributed by atoms with Crippen LogP contribution in [0, 0.1) is 5.82 Å². The summed E-state index contributed by atoms with van der Waals surface area (Å²) < 4.78 is 18.1. The van der Waals surface area contributed by atoms with Crippen LogP contribution in [0.1, 0.15) is 5.69 Å². The molecule has 0 saturated heterocycles. The van der Waals surface area contributed by atoms with Crippen LogP contribution in [0.15, 0.2) is 39.9 Å². The molecular weight excluding hydrogens is 362 g/mol. The molecule has 0 unspecified atom stereocenters. The van der Waals surface area contributed by atoms with Gasteiger partial charge in [-0.1, -0.05) is 0 Å². The molecule has 1 aromatic carbocycles. The second kappa shape index (κ2) is 7.07. The molecule has 5 nitrogen and oxygen atoms in total. The highest BCUT2D eigenvalue weighted by molar-refractivity contribution is 14.0. The molecule has 0 spiro atoms. The molecule has 7 heteroatoms. The van der Waals surface area contributed by atoms with Crippen LogP contribution in [-0.4, -0.2) is 17.5 Å². The summed E-state index contributed by atoms with van der Waals surface area (Å²) in [6.45, 7) is 0.456. The summed E-state index contributed by atoms with van der Waals surface area (Å²) in [6, 6.07) is 5.94. The van der Waals surface area contributed by atoms with Crippen LogP contribution in [0.4, 0.5) is 4.39 Å². The Kier molecular flexibility index (Phi) is 5.74. The van der Waals surface area contributed by atoms with Gasteiger partial charge in [-0.25, -0.2) is 9.37 Å². The molecule has 2 aromatic rings. The highest BCUT2D eigenvalue weighted by Crippen LogP contribution is 2.18. The molecule has 0 aliphatic rings. The molecule has 19 heavy (non-hydrogen) atoms. The number of hydrogen-bond acceptors (Lipinski definition) is 3. The first-order valence-electron chi connectivity index (χ1n) is 5.41. The zero-order chi connectivity index (χ0) is 13.0. The average Bonchev–Trinajstić information content (AvgIpc) is 2.78. The molecule has 1 aromatic heterocycles. The van der Waals surface area contributed by atoms with Gasteiger partial charge in [0, 0.05) is 18.5 Å². The monoisotopic (exact) mass is 376 g/mol. The number of hydrogen-bond donors (Lipinski definition) is 2. The summed E-state index contributed by atoms with van der Waals surface area (Å²) in [5.41, 5.74) is 11.9. The lowest BCUT2D eigenvalue weighted by Crippen LogP contribution is -2.23. The summed E-state index contributed by atoms with van der Waals surface area (Å²) in [4.78, 5) is 8.12.